The molecule has 1 aromatic rings. The molecule has 27 heavy (non-hydrogen) atoms. The summed E-state index contributed by atoms with van der Waals surface area (Å²) in [7, 11) is 0. The van der Waals surface area contributed by atoms with Gasteiger partial charge in [-0.3, -0.25) is 9.59 Å². The minimum absolute atomic E-state index is 0.00163. The third-order valence-corrected chi connectivity index (χ3v) is 3.95. The second-order valence-corrected chi connectivity index (χ2v) is 7.93. The highest BCUT2D eigenvalue weighted by Gasteiger charge is 2.28. The molecule has 0 heterocycles. The highest BCUT2D eigenvalue weighted by molar-refractivity contribution is 5.80. The van der Waals surface area contributed by atoms with E-state index in [4.69, 9.17) is 14.2 Å². The lowest BCUT2D eigenvalue weighted by Crippen LogP contribution is -2.36. The van der Waals surface area contributed by atoms with Crippen molar-refractivity contribution in [3.63, 3.8) is 0 Å². The Morgan fingerprint density at radius 2 is 1.70 bits per heavy atom. The Morgan fingerprint density at radius 3 is 2.26 bits per heavy atom. The summed E-state index contributed by atoms with van der Waals surface area (Å²) in [4.78, 5) is 24.5. The molecule has 0 aliphatic carbocycles. The second-order valence-electron chi connectivity index (χ2n) is 7.93. The number of carbonyl (C=O) groups is 2. The van der Waals surface area contributed by atoms with Crippen LogP contribution < -0.4 is 0 Å². The van der Waals surface area contributed by atoms with Crippen LogP contribution >= 0.6 is 0 Å². The van der Waals surface area contributed by atoms with Gasteiger partial charge in [-0.05, 0) is 39.7 Å². The van der Waals surface area contributed by atoms with Gasteiger partial charge in [0.2, 0.25) is 0 Å². The van der Waals surface area contributed by atoms with Crippen LogP contribution in [0.1, 0.15) is 59.9 Å². The van der Waals surface area contributed by atoms with Crippen LogP contribution in [-0.4, -0.2) is 36.4 Å². The molecule has 0 fully saturated rings. The van der Waals surface area contributed by atoms with E-state index >= 15 is 0 Å². The standard InChI is InChI=1S/C22H34O5/c1-7-13-25-17(3)19(15-18-11-9-8-10-12-18)26-21(24)16(2)14-20(23)27-22(4,5)6/h8-12,16-17,19H,7,13-15H2,1-6H3/t16-,17+,19-/m1/s1. The maximum Gasteiger partial charge on any atom is 0.309 e. The van der Waals surface area contributed by atoms with Crippen LogP contribution in [0, 0.1) is 5.92 Å². The summed E-state index contributed by atoms with van der Waals surface area (Å²) < 4.78 is 16.8. The number of benzene rings is 1. The lowest BCUT2D eigenvalue weighted by molar-refractivity contribution is -0.167. The van der Waals surface area contributed by atoms with Crippen LogP contribution in [0.5, 0.6) is 0 Å². The van der Waals surface area contributed by atoms with E-state index in [-0.39, 0.29) is 12.5 Å². The predicted octanol–water partition coefficient (Wildman–Crippen LogP) is 4.32. The summed E-state index contributed by atoms with van der Waals surface area (Å²) >= 11 is 0. The molecule has 0 saturated carbocycles. The molecule has 5 nitrogen and oxygen atoms in total. The monoisotopic (exact) mass is 378 g/mol. The molecule has 0 unspecified atom stereocenters. The molecule has 0 aliphatic rings. The quantitative estimate of drug-likeness (QED) is 0.567. The van der Waals surface area contributed by atoms with Gasteiger partial charge in [-0.25, -0.2) is 0 Å². The first-order valence-electron chi connectivity index (χ1n) is 9.70. The first kappa shape index (κ1) is 23.2. The van der Waals surface area contributed by atoms with Crippen molar-refractivity contribution < 1.29 is 23.8 Å². The number of carbonyl (C=O) groups excluding carboxylic acids is 2. The Bertz CT molecular complexity index is 576. The lowest BCUT2D eigenvalue weighted by Gasteiger charge is -2.26. The van der Waals surface area contributed by atoms with Gasteiger partial charge in [0, 0.05) is 13.0 Å². The van der Waals surface area contributed by atoms with Crippen molar-refractivity contribution in [1.29, 1.82) is 0 Å². The number of esters is 2. The van der Waals surface area contributed by atoms with Crippen LogP contribution in [0.3, 0.4) is 0 Å². The molecule has 0 spiro atoms. The lowest BCUT2D eigenvalue weighted by atomic mass is 10.0. The topological polar surface area (TPSA) is 61.8 Å². The van der Waals surface area contributed by atoms with Crippen LogP contribution in [-0.2, 0) is 30.2 Å². The Morgan fingerprint density at radius 1 is 1.07 bits per heavy atom. The second kappa shape index (κ2) is 11.1. The third kappa shape index (κ3) is 9.57. The largest absolute Gasteiger partial charge is 0.460 e. The zero-order valence-electron chi connectivity index (χ0n) is 17.5. The van der Waals surface area contributed by atoms with E-state index < -0.39 is 29.6 Å². The predicted molar refractivity (Wildman–Crippen MR) is 105 cm³/mol. The van der Waals surface area contributed by atoms with Gasteiger partial charge < -0.3 is 14.2 Å². The molecule has 0 aromatic heterocycles. The maximum absolute atomic E-state index is 12.5. The van der Waals surface area contributed by atoms with Gasteiger partial charge in [0.25, 0.3) is 0 Å². The Labute approximate surface area is 163 Å². The van der Waals surface area contributed by atoms with E-state index in [0.29, 0.717) is 13.0 Å². The van der Waals surface area contributed by atoms with Crippen molar-refractivity contribution in [2.24, 2.45) is 5.92 Å². The summed E-state index contributed by atoms with van der Waals surface area (Å²) in [6, 6.07) is 9.85. The first-order chi connectivity index (χ1) is 12.6. The normalized spacial score (nSPS) is 14.9. The highest BCUT2D eigenvalue weighted by Crippen LogP contribution is 2.17. The molecule has 5 heteroatoms. The van der Waals surface area contributed by atoms with Crippen molar-refractivity contribution in [2.45, 2.75) is 78.6 Å². The molecule has 0 bridgehead atoms. The van der Waals surface area contributed by atoms with E-state index in [1.54, 1.807) is 27.7 Å². The Balaban J connectivity index is 2.71. The van der Waals surface area contributed by atoms with E-state index in [0.717, 1.165) is 12.0 Å². The van der Waals surface area contributed by atoms with E-state index in [1.165, 1.54) is 0 Å². The average Bonchev–Trinajstić information content (AvgIpc) is 2.58. The molecule has 152 valence electrons. The molecule has 0 radical (unpaired) electrons. The van der Waals surface area contributed by atoms with Crippen molar-refractivity contribution in [2.75, 3.05) is 6.61 Å². The third-order valence-electron chi connectivity index (χ3n) is 3.95. The van der Waals surface area contributed by atoms with Gasteiger partial charge in [-0.1, -0.05) is 44.2 Å². The van der Waals surface area contributed by atoms with Crippen LogP contribution in [0.2, 0.25) is 0 Å². The van der Waals surface area contributed by atoms with Gasteiger partial charge >= 0.3 is 11.9 Å². The summed E-state index contributed by atoms with van der Waals surface area (Å²) in [5.74, 6) is -1.38. The fraction of sp³-hybridized carbons (Fsp3) is 0.636. The summed E-state index contributed by atoms with van der Waals surface area (Å²) in [5.41, 5.74) is 0.501. The summed E-state index contributed by atoms with van der Waals surface area (Å²) in [5, 5.41) is 0. The smallest absolute Gasteiger partial charge is 0.309 e. The molecular weight excluding hydrogens is 344 g/mol. The molecule has 0 aliphatic heterocycles. The van der Waals surface area contributed by atoms with Crippen molar-refractivity contribution in [1.82, 2.24) is 0 Å². The number of hydrogen-bond donors (Lipinski definition) is 0. The van der Waals surface area contributed by atoms with Crippen molar-refractivity contribution in [3.8, 4) is 0 Å². The molecule has 3 atom stereocenters. The number of hydrogen-bond acceptors (Lipinski definition) is 5. The fourth-order valence-corrected chi connectivity index (χ4v) is 2.54. The van der Waals surface area contributed by atoms with Gasteiger partial charge in [0.1, 0.15) is 11.7 Å². The number of rotatable bonds is 10. The molecule has 0 amide bonds. The van der Waals surface area contributed by atoms with Crippen molar-refractivity contribution >= 4 is 11.9 Å². The summed E-state index contributed by atoms with van der Waals surface area (Å²) in [6.45, 7) is 11.6. The van der Waals surface area contributed by atoms with Gasteiger partial charge in [-0.15, -0.1) is 0 Å². The molecule has 1 rings (SSSR count). The van der Waals surface area contributed by atoms with Gasteiger partial charge in [0.05, 0.1) is 18.4 Å². The number of ether oxygens (including phenoxy) is 3. The van der Waals surface area contributed by atoms with Gasteiger partial charge in [-0.2, -0.15) is 0 Å². The van der Waals surface area contributed by atoms with Crippen LogP contribution in [0.15, 0.2) is 30.3 Å². The Hall–Kier alpha value is -1.88. The van der Waals surface area contributed by atoms with Crippen LogP contribution in [0.25, 0.3) is 0 Å². The average molecular weight is 379 g/mol. The minimum atomic E-state index is -0.573. The molecule has 0 saturated heterocycles. The zero-order valence-corrected chi connectivity index (χ0v) is 17.5. The highest BCUT2D eigenvalue weighted by atomic mass is 16.6. The Kier molecular flexibility index (Phi) is 9.50. The molecule has 1 aromatic carbocycles. The van der Waals surface area contributed by atoms with Gasteiger partial charge in [0.15, 0.2) is 0 Å². The van der Waals surface area contributed by atoms with E-state index in [1.807, 2.05) is 44.2 Å². The zero-order chi connectivity index (χ0) is 20.4. The van der Waals surface area contributed by atoms with Crippen LogP contribution in [0.4, 0.5) is 0 Å². The first-order valence-corrected chi connectivity index (χ1v) is 9.70. The SMILES string of the molecule is CCCO[C@@H](C)[C@@H](Cc1ccccc1)OC(=O)[C@H](C)CC(=O)OC(C)(C)C. The maximum atomic E-state index is 12.5. The van der Waals surface area contributed by atoms with Crippen molar-refractivity contribution in [3.05, 3.63) is 35.9 Å². The molecular formula is C22H34O5. The van der Waals surface area contributed by atoms with E-state index in [2.05, 4.69) is 0 Å². The van der Waals surface area contributed by atoms with E-state index in [9.17, 15) is 9.59 Å². The molecule has 0 N–H and O–H groups in total. The fourth-order valence-electron chi connectivity index (χ4n) is 2.54. The minimum Gasteiger partial charge on any atom is -0.460 e. The summed E-state index contributed by atoms with van der Waals surface area (Å²) in [6.07, 6.45) is 0.816.